The van der Waals surface area contributed by atoms with Crippen molar-refractivity contribution in [3.63, 3.8) is 0 Å². The Bertz CT molecular complexity index is 579. The molecule has 1 aromatic carbocycles. The van der Waals surface area contributed by atoms with Gasteiger partial charge in [0, 0.05) is 12.6 Å². The molecule has 0 aromatic heterocycles. The van der Waals surface area contributed by atoms with E-state index in [-0.39, 0.29) is 18.8 Å². The Morgan fingerprint density at radius 1 is 1.43 bits per heavy atom. The van der Waals surface area contributed by atoms with Gasteiger partial charge in [-0.25, -0.2) is 8.78 Å². The molecule has 1 aromatic rings. The first-order valence-corrected chi connectivity index (χ1v) is 6.51. The van der Waals surface area contributed by atoms with Crippen LogP contribution < -0.4 is 5.32 Å². The quantitative estimate of drug-likeness (QED) is 0.887. The van der Waals surface area contributed by atoms with Gasteiger partial charge in [-0.15, -0.1) is 0 Å². The van der Waals surface area contributed by atoms with Crippen LogP contribution >= 0.6 is 0 Å². The topological polar surface area (TPSA) is 69.6 Å². The number of anilines is 1. The van der Waals surface area contributed by atoms with Gasteiger partial charge < -0.3 is 10.4 Å². The lowest BCUT2D eigenvalue weighted by Gasteiger charge is -2.19. The number of hydrogen-bond donors (Lipinski definition) is 2. The highest BCUT2D eigenvalue weighted by atomic mass is 19.1. The fourth-order valence-electron chi connectivity index (χ4n) is 2.35. The molecule has 2 rings (SSSR count). The third-order valence-corrected chi connectivity index (χ3v) is 3.64. The van der Waals surface area contributed by atoms with Crippen LogP contribution in [0.4, 0.5) is 14.5 Å². The lowest BCUT2D eigenvalue weighted by Crippen LogP contribution is -2.36. The average Bonchev–Trinajstić information content (AvgIpc) is 2.77. The van der Waals surface area contributed by atoms with E-state index >= 15 is 0 Å². The summed E-state index contributed by atoms with van der Waals surface area (Å²) >= 11 is 0. The summed E-state index contributed by atoms with van der Waals surface area (Å²) in [5.74, 6) is -2.77. The molecule has 1 aliphatic heterocycles. The minimum absolute atomic E-state index is 0.0567. The van der Waals surface area contributed by atoms with Gasteiger partial charge in [0.15, 0.2) is 0 Å². The Hall–Kier alpha value is -2.02. The minimum atomic E-state index is -0.901. The first-order chi connectivity index (χ1) is 9.80. The zero-order chi connectivity index (χ0) is 15.6. The second kappa shape index (κ2) is 5.77. The van der Waals surface area contributed by atoms with Gasteiger partial charge >= 0.3 is 5.97 Å². The molecule has 1 fully saturated rings. The maximum Gasteiger partial charge on any atom is 0.310 e. The maximum absolute atomic E-state index is 13.4. The molecular weight excluding hydrogens is 282 g/mol. The molecule has 0 saturated carbocycles. The molecule has 1 amide bonds. The molecule has 114 valence electrons. The van der Waals surface area contributed by atoms with Crippen molar-refractivity contribution in [2.24, 2.45) is 5.41 Å². The molecule has 0 bridgehead atoms. The van der Waals surface area contributed by atoms with Gasteiger partial charge in [-0.3, -0.25) is 14.5 Å². The lowest BCUT2D eigenvalue weighted by atomic mass is 9.90. The number of carbonyl (C=O) groups is 2. The third kappa shape index (κ3) is 3.55. The van der Waals surface area contributed by atoms with Crippen LogP contribution in [0.1, 0.15) is 13.3 Å². The van der Waals surface area contributed by atoms with Crippen LogP contribution in [0.3, 0.4) is 0 Å². The summed E-state index contributed by atoms with van der Waals surface area (Å²) in [5.41, 5.74) is -1.09. The zero-order valence-electron chi connectivity index (χ0n) is 11.5. The Morgan fingerprint density at radius 2 is 2.14 bits per heavy atom. The number of carbonyl (C=O) groups excluding carboxylic acids is 1. The van der Waals surface area contributed by atoms with Gasteiger partial charge in [0.1, 0.15) is 11.6 Å². The highest BCUT2D eigenvalue weighted by Gasteiger charge is 2.40. The second-order valence-corrected chi connectivity index (χ2v) is 5.50. The van der Waals surface area contributed by atoms with Gasteiger partial charge in [0.2, 0.25) is 5.91 Å². The van der Waals surface area contributed by atoms with Crippen molar-refractivity contribution in [2.45, 2.75) is 13.3 Å². The van der Waals surface area contributed by atoms with Gasteiger partial charge in [-0.1, -0.05) is 0 Å². The summed E-state index contributed by atoms with van der Waals surface area (Å²) in [6.45, 7) is 2.29. The minimum Gasteiger partial charge on any atom is -0.481 e. The van der Waals surface area contributed by atoms with Crippen molar-refractivity contribution >= 4 is 17.6 Å². The third-order valence-electron chi connectivity index (χ3n) is 3.64. The van der Waals surface area contributed by atoms with Gasteiger partial charge in [0.05, 0.1) is 17.6 Å². The van der Waals surface area contributed by atoms with E-state index in [9.17, 15) is 18.4 Å². The second-order valence-electron chi connectivity index (χ2n) is 5.50. The molecule has 0 spiro atoms. The SMILES string of the molecule is CC1(C(=O)O)CCN(CC(=O)Nc2cc(F)ccc2F)C1. The van der Waals surface area contributed by atoms with E-state index in [0.717, 1.165) is 18.2 Å². The van der Waals surface area contributed by atoms with E-state index in [1.807, 2.05) is 0 Å². The van der Waals surface area contributed by atoms with Crippen molar-refractivity contribution in [3.8, 4) is 0 Å². The summed E-state index contributed by atoms with van der Waals surface area (Å²) in [6.07, 6.45) is 0.448. The van der Waals surface area contributed by atoms with Crippen LogP contribution in [-0.2, 0) is 9.59 Å². The summed E-state index contributed by atoms with van der Waals surface area (Å²) < 4.78 is 26.4. The summed E-state index contributed by atoms with van der Waals surface area (Å²) in [7, 11) is 0. The van der Waals surface area contributed by atoms with E-state index in [1.165, 1.54) is 0 Å². The number of carboxylic acids is 1. The van der Waals surface area contributed by atoms with Crippen molar-refractivity contribution in [2.75, 3.05) is 25.0 Å². The number of carboxylic acid groups (broad SMARTS) is 1. The average molecular weight is 298 g/mol. The van der Waals surface area contributed by atoms with E-state index in [4.69, 9.17) is 5.11 Å². The van der Waals surface area contributed by atoms with Crippen LogP contribution in [0.2, 0.25) is 0 Å². The molecule has 21 heavy (non-hydrogen) atoms. The molecule has 1 atom stereocenters. The predicted octanol–water partition coefficient (Wildman–Crippen LogP) is 1.70. The molecule has 0 radical (unpaired) electrons. The van der Waals surface area contributed by atoms with Crippen molar-refractivity contribution < 1.29 is 23.5 Å². The molecule has 1 heterocycles. The zero-order valence-corrected chi connectivity index (χ0v) is 11.5. The van der Waals surface area contributed by atoms with E-state index in [2.05, 4.69) is 5.32 Å². The number of nitrogens with one attached hydrogen (secondary N) is 1. The smallest absolute Gasteiger partial charge is 0.310 e. The summed E-state index contributed by atoms with van der Waals surface area (Å²) in [4.78, 5) is 24.6. The Labute approximate surface area is 120 Å². The molecule has 7 heteroatoms. The number of halogens is 2. The van der Waals surface area contributed by atoms with Crippen molar-refractivity contribution in [1.29, 1.82) is 0 Å². The number of nitrogens with zero attached hydrogens (tertiary/aromatic N) is 1. The fourth-order valence-corrected chi connectivity index (χ4v) is 2.35. The van der Waals surface area contributed by atoms with Crippen molar-refractivity contribution in [3.05, 3.63) is 29.8 Å². The Kier molecular flexibility index (Phi) is 4.22. The van der Waals surface area contributed by atoms with E-state index < -0.39 is 28.9 Å². The highest BCUT2D eigenvalue weighted by molar-refractivity contribution is 5.92. The number of amides is 1. The standard InChI is InChI=1S/C14H16F2N2O3/c1-14(13(20)21)4-5-18(8-14)7-12(19)17-11-6-9(15)2-3-10(11)16/h2-3,6H,4-5,7-8H2,1H3,(H,17,19)(H,20,21). The van der Waals surface area contributed by atoms with Crippen LogP contribution in [0, 0.1) is 17.0 Å². The fraction of sp³-hybridized carbons (Fsp3) is 0.429. The largest absolute Gasteiger partial charge is 0.481 e. The molecular formula is C14H16F2N2O3. The number of likely N-dealkylation sites (tertiary alicyclic amines) is 1. The van der Waals surface area contributed by atoms with Gasteiger partial charge in [0.25, 0.3) is 0 Å². The van der Waals surface area contributed by atoms with Gasteiger partial charge in [-0.2, -0.15) is 0 Å². The van der Waals surface area contributed by atoms with Crippen molar-refractivity contribution in [1.82, 2.24) is 4.90 Å². The van der Waals surface area contributed by atoms with Gasteiger partial charge in [-0.05, 0) is 32.0 Å². The number of hydrogen-bond acceptors (Lipinski definition) is 3. The summed E-state index contributed by atoms with van der Waals surface area (Å²) in [6, 6.07) is 2.80. The molecule has 1 aliphatic rings. The Morgan fingerprint density at radius 3 is 2.76 bits per heavy atom. The normalized spacial score (nSPS) is 22.2. The first-order valence-electron chi connectivity index (χ1n) is 6.51. The summed E-state index contributed by atoms with van der Waals surface area (Å²) in [5, 5.41) is 11.4. The predicted molar refractivity (Wildman–Crippen MR) is 71.8 cm³/mol. The monoisotopic (exact) mass is 298 g/mol. The van der Waals surface area contributed by atoms with E-state index in [0.29, 0.717) is 13.0 Å². The number of aliphatic carboxylic acids is 1. The van der Waals surface area contributed by atoms with Crippen LogP contribution in [0.15, 0.2) is 18.2 Å². The van der Waals surface area contributed by atoms with Crippen LogP contribution in [-0.4, -0.2) is 41.5 Å². The molecule has 2 N–H and O–H groups in total. The highest BCUT2D eigenvalue weighted by Crippen LogP contribution is 2.29. The molecule has 0 aliphatic carbocycles. The lowest BCUT2D eigenvalue weighted by molar-refractivity contribution is -0.147. The Balaban J connectivity index is 1.94. The first kappa shape index (κ1) is 15.4. The van der Waals surface area contributed by atoms with Crippen LogP contribution in [0.5, 0.6) is 0 Å². The number of rotatable bonds is 4. The van der Waals surface area contributed by atoms with Crippen LogP contribution in [0.25, 0.3) is 0 Å². The number of benzene rings is 1. The molecule has 1 saturated heterocycles. The maximum atomic E-state index is 13.4. The van der Waals surface area contributed by atoms with E-state index in [1.54, 1.807) is 11.8 Å². The molecule has 5 nitrogen and oxygen atoms in total. The molecule has 1 unspecified atom stereocenters.